The number of carboxylic acids is 1. The number of hydrogen-bond donors (Lipinski definition) is 1. The van der Waals surface area contributed by atoms with E-state index < -0.39 is 11.9 Å². The van der Waals surface area contributed by atoms with Gasteiger partial charge in [-0.15, -0.1) is 11.3 Å². The lowest BCUT2D eigenvalue weighted by Gasteiger charge is -2.24. The van der Waals surface area contributed by atoms with Crippen molar-refractivity contribution in [2.24, 2.45) is 5.92 Å². The number of thiophene rings is 1. The topological polar surface area (TPSA) is 54.4 Å². The molecule has 0 bridgehead atoms. The Morgan fingerprint density at radius 1 is 1.33 bits per heavy atom. The molecule has 1 N–H and O–H groups in total. The summed E-state index contributed by atoms with van der Waals surface area (Å²) in [6.07, 6.45) is 5.18. The maximum absolute atomic E-state index is 12.5. The Morgan fingerprint density at radius 3 is 2.61 bits per heavy atom. The van der Waals surface area contributed by atoms with Gasteiger partial charge in [-0.3, -0.25) is 9.59 Å². The van der Waals surface area contributed by atoms with Crippen molar-refractivity contribution >= 4 is 23.1 Å². The fourth-order valence-corrected chi connectivity index (χ4v) is 3.51. The number of carboxylic acid groups (broad SMARTS) is 1. The molecule has 0 amide bonds. The van der Waals surface area contributed by atoms with E-state index in [0.29, 0.717) is 0 Å². The van der Waals surface area contributed by atoms with Gasteiger partial charge in [0.05, 0.1) is 12.3 Å². The number of aliphatic carboxylic acids is 1. The molecule has 1 aromatic heterocycles. The third-order valence-corrected chi connectivity index (χ3v) is 4.60. The average Bonchev–Trinajstić information content (AvgIpc) is 2.89. The van der Waals surface area contributed by atoms with E-state index in [0.717, 1.165) is 30.6 Å². The van der Waals surface area contributed by atoms with Crippen LogP contribution in [0.2, 0.25) is 0 Å². The predicted molar refractivity (Wildman–Crippen MR) is 70.9 cm³/mol. The smallest absolute Gasteiger partial charge is 0.304 e. The van der Waals surface area contributed by atoms with Crippen LogP contribution in [-0.4, -0.2) is 16.9 Å². The van der Waals surface area contributed by atoms with E-state index in [4.69, 9.17) is 5.11 Å². The van der Waals surface area contributed by atoms with Crippen LogP contribution in [0.15, 0.2) is 17.5 Å². The molecule has 1 unspecified atom stereocenters. The van der Waals surface area contributed by atoms with Gasteiger partial charge in [0.15, 0.2) is 0 Å². The first kappa shape index (κ1) is 13.3. The van der Waals surface area contributed by atoms with Gasteiger partial charge in [0.1, 0.15) is 5.78 Å². The van der Waals surface area contributed by atoms with E-state index in [2.05, 4.69) is 0 Å². The third kappa shape index (κ3) is 3.19. The van der Waals surface area contributed by atoms with Crippen molar-refractivity contribution < 1.29 is 14.7 Å². The Bertz CT molecular complexity index is 405. The zero-order chi connectivity index (χ0) is 13.0. The molecule has 98 valence electrons. The van der Waals surface area contributed by atoms with Gasteiger partial charge in [0.25, 0.3) is 0 Å². The summed E-state index contributed by atoms with van der Waals surface area (Å²) in [7, 11) is 0. The van der Waals surface area contributed by atoms with Crippen LogP contribution >= 0.6 is 11.3 Å². The molecular weight excluding hydrogens is 248 g/mol. The maximum atomic E-state index is 12.5. The minimum absolute atomic E-state index is 0.0736. The lowest BCUT2D eigenvalue weighted by molar-refractivity contribution is -0.140. The Kier molecular flexibility index (Phi) is 4.53. The van der Waals surface area contributed by atoms with Gasteiger partial charge in [0.2, 0.25) is 0 Å². The number of rotatable bonds is 5. The molecule has 0 saturated heterocycles. The monoisotopic (exact) mass is 266 g/mol. The second kappa shape index (κ2) is 6.14. The number of Topliss-reactive ketones (excluding diaryl/α,β-unsaturated/α-hetero) is 1. The van der Waals surface area contributed by atoms with Crippen molar-refractivity contribution in [1.29, 1.82) is 0 Å². The van der Waals surface area contributed by atoms with E-state index >= 15 is 0 Å². The molecule has 1 heterocycles. The van der Waals surface area contributed by atoms with Gasteiger partial charge < -0.3 is 5.11 Å². The molecule has 0 aromatic carbocycles. The van der Waals surface area contributed by atoms with E-state index in [-0.39, 0.29) is 18.1 Å². The van der Waals surface area contributed by atoms with Crippen LogP contribution in [0, 0.1) is 5.92 Å². The molecule has 0 aliphatic heterocycles. The molecule has 4 heteroatoms. The predicted octanol–water partition coefficient (Wildman–Crippen LogP) is 3.46. The van der Waals surface area contributed by atoms with Crippen LogP contribution in [0.5, 0.6) is 0 Å². The zero-order valence-corrected chi connectivity index (χ0v) is 11.1. The molecule has 1 aromatic rings. The molecule has 0 spiro atoms. The molecule has 1 aliphatic carbocycles. The molecule has 0 radical (unpaired) electrons. The van der Waals surface area contributed by atoms with Gasteiger partial charge in [0, 0.05) is 10.8 Å². The number of hydrogen-bond acceptors (Lipinski definition) is 3. The Labute approximate surface area is 111 Å². The molecule has 1 saturated carbocycles. The van der Waals surface area contributed by atoms with Crippen molar-refractivity contribution in [3.8, 4) is 0 Å². The zero-order valence-electron chi connectivity index (χ0n) is 10.3. The lowest BCUT2D eigenvalue weighted by atomic mass is 9.80. The molecule has 18 heavy (non-hydrogen) atoms. The number of carbonyl (C=O) groups excluding carboxylic acids is 1. The highest BCUT2D eigenvalue weighted by Crippen LogP contribution is 2.33. The first-order chi connectivity index (χ1) is 8.68. The van der Waals surface area contributed by atoms with Crippen LogP contribution < -0.4 is 0 Å². The van der Waals surface area contributed by atoms with Crippen LogP contribution in [0.4, 0.5) is 0 Å². The third-order valence-electron chi connectivity index (χ3n) is 3.62. The highest BCUT2D eigenvalue weighted by atomic mass is 32.1. The highest BCUT2D eigenvalue weighted by molar-refractivity contribution is 7.10. The summed E-state index contributed by atoms with van der Waals surface area (Å²) in [6, 6.07) is 3.75. The molecule has 1 atom stereocenters. The van der Waals surface area contributed by atoms with E-state index in [1.807, 2.05) is 17.5 Å². The first-order valence-electron chi connectivity index (χ1n) is 6.47. The fourth-order valence-electron chi connectivity index (χ4n) is 2.68. The molecule has 1 aliphatic rings. The van der Waals surface area contributed by atoms with Gasteiger partial charge in [-0.25, -0.2) is 0 Å². The van der Waals surface area contributed by atoms with Gasteiger partial charge >= 0.3 is 5.97 Å². The Morgan fingerprint density at radius 2 is 2.06 bits per heavy atom. The second-order valence-corrected chi connectivity index (χ2v) is 5.88. The van der Waals surface area contributed by atoms with Crippen molar-refractivity contribution in [3.63, 3.8) is 0 Å². The van der Waals surface area contributed by atoms with E-state index in [9.17, 15) is 9.59 Å². The van der Waals surface area contributed by atoms with Crippen molar-refractivity contribution in [2.45, 2.75) is 44.4 Å². The average molecular weight is 266 g/mol. The second-order valence-electron chi connectivity index (χ2n) is 4.90. The van der Waals surface area contributed by atoms with Gasteiger partial charge in [-0.05, 0) is 24.3 Å². The summed E-state index contributed by atoms with van der Waals surface area (Å²) < 4.78 is 0. The summed E-state index contributed by atoms with van der Waals surface area (Å²) in [5.41, 5.74) is 0. The maximum Gasteiger partial charge on any atom is 0.304 e. The highest BCUT2D eigenvalue weighted by Gasteiger charge is 2.31. The van der Waals surface area contributed by atoms with Crippen molar-refractivity contribution in [3.05, 3.63) is 22.4 Å². The minimum atomic E-state index is -0.891. The molecule has 3 nitrogen and oxygen atoms in total. The Hall–Kier alpha value is -1.16. The largest absolute Gasteiger partial charge is 0.481 e. The number of carbonyl (C=O) groups is 2. The molecule has 1 fully saturated rings. The summed E-state index contributed by atoms with van der Waals surface area (Å²) >= 11 is 1.48. The van der Waals surface area contributed by atoms with E-state index in [1.165, 1.54) is 17.8 Å². The van der Waals surface area contributed by atoms with Crippen molar-refractivity contribution in [1.82, 2.24) is 0 Å². The van der Waals surface area contributed by atoms with Crippen LogP contribution in [0.25, 0.3) is 0 Å². The minimum Gasteiger partial charge on any atom is -0.481 e. The summed E-state index contributed by atoms with van der Waals surface area (Å²) in [5.74, 6) is -1.12. The van der Waals surface area contributed by atoms with E-state index in [1.54, 1.807) is 0 Å². The van der Waals surface area contributed by atoms with Crippen LogP contribution in [0.1, 0.15) is 49.3 Å². The Balaban J connectivity index is 2.12. The standard InChI is InChI=1S/C14H18O3S/c15-13(16)9-11(12-7-4-8-18-12)14(17)10-5-2-1-3-6-10/h4,7-8,10-11H,1-3,5-6,9H2,(H,15,16). The molecular formula is C14H18O3S. The lowest BCUT2D eigenvalue weighted by Crippen LogP contribution is -2.25. The summed E-state index contributed by atoms with van der Waals surface area (Å²) in [6.45, 7) is 0. The van der Waals surface area contributed by atoms with Crippen molar-refractivity contribution in [2.75, 3.05) is 0 Å². The molecule has 2 rings (SSSR count). The quantitative estimate of drug-likeness (QED) is 0.888. The van der Waals surface area contributed by atoms with Gasteiger partial charge in [-0.1, -0.05) is 25.3 Å². The van der Waals surface area contributed by atoms with Crippen LogP contribution in [0.3, 0.4) is 0 Å². The fraction of sp³-hybridized carbons (Fsp3) is 0.571. The first-order valence-corrected chi connectivity index (χ1v) is 7.35. The normalized spacial score (nSPS) is 18.4. The summed E-state index contributed by atoms with van der Waals surface area (Å²) in [5, 5.41) is 10.9. The SMILES string of the molecule is O=C(O)CC(C(=O)C1CCCCC1)c1cccs1. The van der Waals surface area contributed by atoms with Gasteiger partial charge in [-0.2, -0.15) is 0 Å². The number of ketones is 1. The summed E-state index contributed by atoms with van der Waals surface area (Å²) in [4.78, 5) is 24.3. The van der Waals surface area contributed by atoms with Crippen LogP contribution in [-0.2, 0) is 9.59 Å².